The summed E-state index contributed by atoms with van der Waals surface area (Å²) < 4.78 is 2.87. The second-order valence-electron chi connectivity index (χ2n) is 5.00. The van der Waals surface area contributed by atoms with Gasteiger partial charge >= 0.3 is 0 Å². The second-order valence-corrected chi connectivity index (χ2v) is 6.57. The molecule has 2 atom stereocenters. The molecule has 0 aliphatic rings. The topological polar surface area (TPSA) is 38.1 Å². The van der Waals surface area contributed by atoms with E-state index in [-0.39, 0.29) is 17.3 Å². The smallest absolute Gasteiger partial charge is 0.244 e. The van der Waals surface area contributed by atoms with Crippen LogP contribution < -0.4 is 0 Å². The first kappa shape index (κ1) is 15.3. The van der Waals surface area contributed by atoms with E-state index in [2.05, 4.69) is 20.9 Å². The third-order valence-corrected chi connectivity index (χ3v) is 3.91. The molecule has 2 rings (SSSR count). The van der Waals surface area contributed by atoms with Gasteiger partial charge in [-0.15, -0.1) is 11.6 Å². The summed E-state index contributed by atoms with van der Waals surface area (Å²) >= 11 is 9.69. The lowest BCUT2D eigenvalue weighted by Crippen LogP contribution is -2.30. The van der Waals surface area contributed by atoms with Crippen molar-refractivity contribution in [3.63, 3.8) is 0 Å². The van der Waals surface area contributed by atoms with Crippen LogP contribution in [0.15, 0.2) is 22.7 Å². The standard InChI is InChI=1S/C14H17BrClN3O/c1-8(16)13-17-11-6-5-10(15)7-12(11)19(13)9(2)14(20)18(3)4/h5-9H,1-4H3. The molecule has 1 aromatic heterocycles. The zero-order chi connectivity index (χ0) is 15.0. The zero-order valence-corrected chi connectivity index (χ0v) is 14.2. The van der Waals surface area contributed by atoms with Crippen LogP contribution >= 0.6 is 27.5 Å². The molecular formula is C14H17BrClN3O. The number of carbonyl (C=O) groups is 1. The van der Waals surface area contributed by atoms with Crippen LogP contribution in [0.5, 0.6) is 0 Å². The Labute approximate surface area is 131 Å². The molecular weight excluding hydrogens is 342 g/mol. The van der Waals surface area contributed by atoms with Gasteiger partial charge in [0, 0.05) is 18.6 Å². The number of nitrogens with zero attached hydrogens (tertiary/aromatic N) is 3. The number of hydrogen-bond acceptors (Lipinski definition) is 2. The van der Waals surface area contributed by atoms with E-state index < -0.39 is 0 Å². The lowest BCUT2D eigenvalue weighted by molar-refractivity contribution is -0.131. The number of rotatable bonds is 3. The van der Waals surface area contributed by atoms with Crippen molar-refractivity contribution in [1.82, 2.24) is 14.5 Å². The normalized spacial score (nSPS) is 14.3. The molecule has 1 amide bonds. The molecule has 2 aromatic rings. The summed E-state index contributed by atoms with van der Waals surface area (Å²) in [5, 5.41) is -0.265. The van der Waals surface area contributed by atoms with Crippen molar-refractivity contribution in [2.75, 3.05) is 14.1 Å². The molecule has 108 valence electrons. The average molecular weight is 359 g/mol. The highest BCUT2D eigenvalue weighted by Gasteiger charge is 2.24. The van der Waals surface area contributed by atoms with Gasteiger partial charge in [-0.2, -0.15) is 0 Å². The monoisotopic (exact) mass is 357 g/mol. The molecule has 0 aliphatic carbocycles. The Morgan fingerprint density at radius 3 is 2.60 bits per heavy atom. The van der Waals surface area contributed by atoms with Gasteiger partial charge in [-0.05, 0) is 32.0 Å². The SMILES string of the molecule is CC(Cl)c1nc2ccc(Br)cc2n1C(C)C(=O)N(C)C. The van der Waals surface area contributed by atoms with Crippen molar-refractivity contribution in [1.29, 1.82) is 0 Å². The fourth-order valence-corrected chi connectivity index (χ4v) is 2.76. The maximum absolute atomic E-state index is 12.3. The molecule has 0 N–H and O–H groups in total. The second kappa shape index (κ2) is 5.74. The fraction of sp³-hybridized carbons (Fsp3) is 0.429. The van der Waals surface area contributed by atoms with Gasteiger partial charge in [0.25, 0.3) is 0 Å². The number of amides is 1. The maximum Gasteiger partial charge on any atom is 0.244 e. The van der Waals surface area contributed by atoms with E-state index in [4.69, 9.17) is 11.6 Å². The van der Waals surface area contributed by atoms with Crippen molar-refractivity contribution in [2.45, 2.75) is 25.3 Å². The van der Waals surface area contributed by atoms with Crippen molar-refractivity contribution >= 4 is 44.5 Å². The highest BCUT2D eigenvalue weighted by Crippen LogP contribution is 2.30. The molecule has 0 spiro atoms. The van der Waals surface area contributed by atoms with E-state index in [1.807, 2.05) is 36.6 Å². The lowest BCUT2D eigenvalue weighted by atomic mass is 10.2. The highest BCUT2D eigenvalue weighted by molar-refractivity contribution is 9.10. The Morgan fingerprint density at radius 1 is 1.40 bits per heavy atom. The first-order valence-corrected chi connectivity index (χ1v) is 7.58. The van der Waals surface area contributed by atoms with E-state index in [1.54, 1.807) is 19.0 Å². The van der Waals surface area contributed by atoms with Crippen LogP contribution in [0.25, 0.3) is 11.0 Å². The molecule has 0 aliphatic heterocycles. The van der Waals surface area contributed by atoms with Crippen molar-refractivity contribution in [2.24, 2.45) is 0 Å². The largest absolute Gasteiger partial charge is 0.347 e. The van der Waals surface area contributed by atoms with Crippen LogP contribution in [0.1, 0.15) is 31.1 Å². The Balaban J connectivity index is 2.67. The minimum atomic E-state index is -0.347. The number of aromatic nitrogens is 2. The predicted molar refractivity (Wildman–Crippen MR) is 85.1 cm³/mol. The van der Waals surface area contributed by atoms with Crippen LogP contribution in [0.2, 0.25) is 0 Å². The summed E-state index contributed by atoms with van der Waals surface area (Å²) in [4.78, 5) is 18.4. The molecule has 0 fully saturated rings. The molecule has 20 heavy (non-hydrogen) atoms. The molecule has 0 bridgehead atoms. The predicted octanol–water partition coefficient (Wildman–Crippen LogP) is 3.75. The maximum atomic E-state index is 12.3. The van der Waals surface area contributed by atoms with Gasteiger partial charge in [-0.3, -0.25) is 4.79 Å². The minimum Gasteiger partial charge on any atom is -0.347 e. The van der Waals surface area contributed by atoms with Crippen LogP contribution in [0.4, 0.5) is 0 Å². The zero-order valence-electron chi connectivity index (χ0n) is 11.9. The molecule has 2 unspecified atom stereocenters. The Morgan fingerprint density at radius 2 is 2.05 bits per heavy atom. The summed E-state index contributed by atoms with van der Waals surface area (Å²) in [6, 6.07) is 5.47. The van der Waals surface area contributed by atoms with Crippen LogP contribution in [0.3, 0.4) is 0 Å². The van der Waals surface area contributed by atoms with Crippen LogP contribution in [-0.2, 0) is 4.79 Å². The summed E-state index contributed by atoms with van der Waals surface area (Å²) in [7, 11) is 3.50. The van der Waals surface area contributed by atoms with Crippen LogP contribution in [-0.4, -0.2) is 34.5 Å². The number of hydrogen-bond donors (Lipinski definition) is 0. The van der Waals surface area contributed by atoms with Crippen molar-refractivity contribution < 1.29 is 4.79 Å². The van der Waals surface area contributed by atoms with E-state index in [9.17, 15) is 4.79 Å². The summed E-state index contributed by atoms with van der Waals surface area (Å²) in [5.74, 6) is 0.727. The minimum absolute atomic E-state index is 0.0165. The molecule has 1 heterocycles. The fourth-order valence-electron chi connectivity index (χ4n) is 2.26. The van der Waals surface area contributed by atoms with E-state index in [0.29, 0.717) is 5.82 Å². The quantitative estimate of drug-likeness (QED) is 0.784. The lowest BCUT2D eigenvalue weighted by Gasteiger charge is -2.21. The number of halogens is 2. The number of benzene rings is 1. The Bertz CT molecular complexity index is 651. The number of imidazole rings is 1. The number of likely N-dealkylation sites (N-methyl/N-ethyl adjacent to an activating group) is 1. The molecule has 1 aromatic carbocycles. The van der Waals surface area contributed by atoms with Gasteiger partial charge in [0.1, 0.15) is 11.9 Å². The molecule has 6 heteroatoms. The van der Waals surface area contributed by atoms with Gasteiger partial charge in [0.15, 0.2) is 0 Å². The summed E-state index contributed by atoms with van der Waals surface area (Å²) in [6.07, 6.45) is 0. The van der Waals surface area contributed by atoms with Crippen molar-refractivity contribution in [3.8, 4) is 0 Å². The number of fused-ring (bicyclic) bond motifs is 1. The summed E-state index contributed by atoms with van der Waals surface area (Å²) in [6.45, 7) is 3.73. The Kier molecular flexibility index (Phi) is 4.39. The number of alkyl halides is 1. The summed E-state index contributed by atoms with van der Waals surface area (Å²) in [5.41, 5.74) is 1.75. The molecule has 0 radical (unpaired) electrons. The van der Waals surface area contributed by atoms with E-state index >= 15 is 0 Å². The first-order valence-electron chi connectivity index (χ1n) is 6.35. The van der Waals surface area contributed by atoms with Gasteiger partial charge in [0.05, 0.1) is 16.4 Å². The third kappa shape index (κ3) is 2.69. The Hall–Kier alpha value is -1.07. The molecule has 0 saturated heterocycles. The highest BCUT2D eigenvalue weighted by atomic mass is 79.9. The third-order valence-electron chi connectivity index (χ3n) is 3.22. The van der Waals surface area contributed by atoms with Crippen molar-refractivity contribution in [3.05, 3.63) is 28.5 Å². The van der Waals surface area contributed by atoms with Gasteiger partial charge in [-0.25, -0.2) is 4.98 Å². The van der Waals surface area contributed by atoms with Gasteiger partial charge < -0.3 is 9.47 Å². The first-order chi connectivity index (χ1) is 9.32. The molecule has 0 saturated carbocycles. The van der Waals surface area contributed by atoms with Crippen LogP contribution in [0, 0.1) is 0 Å². The number of carbonyl (C=O) groups excluding carboxylic acids is 1. The average Bonchev–Trinajstić information content (AvgIpc) is 2.75. The molecule has 4 nitrogen and oxygen atoms in total. The van der Waals surface area contributed by atoms with E-state index in [0.717, 1.165) is 15.5 Å². The van der Waals surface area contributed by atoms with E-state index in [1.165, 1.54) is 0 Å². The van der Waals surface area contributed by atoms with Gasteiger partial charge in [-0.1, -0.05) is 15.9 Å². The van der Waals surface area contributed by atoms with Gasteiger partial charge in [0.2, 0.25) is 5.91 Å².